The van der Waals surface area contributed by atoms with Crippen molar-refractivity contribution in [1.82, 2.24) is 19.5 Å². The van der Waals surface area contributed by atoms with Gasteiger partial charge in [0.2, 0.25) is 5.91 Å². The maximum Gasteiger partial charge on any atom is 0.222 e. The van der Waals surface area contributed by atoms with Crippen LogP contribution in [0.3, 0.4) is 0 Å². The quantitative estimate of drug-likeness (QED) is 0.697. The molecule has 0 aliphatic carbocycles. The van der Waals surface area contributed by atoms with Gasteiger partial charge in [0.05, 0.1) is 12.2 Å². The number of aromatic nitrogens is 2. The van der Waals surface area contributed by atoms with Gasteiger partial charge in [-0.15, -0.1) is 0 Å². The molecule has 1 aliphatic heterocycles. The molecule has 3 heterocycles. The van der Waals surface area contributed by atoms with Crippen molar-refractivity contribution in [2.75, 3.05) is 26.2 Å². The number of hydrogen-bond donors (Lipinski definition) is 0. The van der Waals surface area contributed by atoms with Gasteiger partial charge in [-0.05, 0) is 25.0 Å². The summed E-state index contributed by atoms with van der Waals surface area (Å²) in [5.74, 6) is 1.14. The topological polar surface area (TPSA) is 54.5 Å². The lowest BCUT2D eigenvalue weighted by atomic mass is 10.1. The lowest BCUT2D eigenvalue weighted by molar-refractivity contribution is -0.133. The summed E-state index contributed by atoms with van der Waals surface area (Å²) in [4.78, 5) is 17.0. The Kier molecular flexibility index (Phi) is 4.99. The van der Waals surface area contributed by atoms with Crippen molar-refractivity contribution in [1.29, 1.82) is 0 Å². The van der Waals surface area contributed by atoms with E-state index >= 15 is 0 Å². The van der Waals surface area contributed by atoms with Crippen LogP contribution < -0.4 is 0 Å². The normalized spacial score (nSPS) is 15.6. The summed E-state index contributed by atoms with van der Waals surface area (Å²) in [6, 6.07) is 10.3. The third kappa shape index (κ3) is 3.90. The molecule has 0 radical (unpaired) electrons. The number of para-hydroxylation sites is 1. The molecule has 6 nitrogen and oxygen atoms in total. The monoisotopic (exact) mass is 366 g/mol. The summed E-state index contributed by atoms with van der Waals surface area (Å²) in [5.41, 5.74) is 3.38. The number of benzene rings is 1. The summed E-state index contributed by atoms with van der Waals surface area (Å²) >= 11 is 0. The standard InChI is InChI=1S/C21H26N4O2/c1-16-13-18(27-22-16)15-24-9-11-25(12-10-24)21(26)8-7-17-14-23(2)20-6-4-3-5-19(17)20/h3-6,13-14H,7-12,15H2,1-2H3. The molecule has 0 N–H and O–H groups in total. The summed E-state index contributed by atoms with van der Waals surface area (Å²) in [5, 5.41) is 5.18. The fraction of sp³-hybridized carbons (Fsp3) is 0.429. The first-order valence-electron chi connectivity index (χ1n) is 9.55. The molecule has 1 aromatic carbocycles. The summed E-state index contributed by atoms with van der Waals surface area (Å²) < 4.78 is 7.43. The molecule has 0 unspecified atom stereocenters. The van der Waals surface area contributed by atoms with E-state index in [4.69, 9.17) is 4.52 Å². The molecule has 3 aromatic rings. The first-order chi connectivity index (χ1) is 13.1. The van der Waals surface area contributed by atoms with E-state index in [1.165, 1.54) is 16.5 Å². The second-order valence-electron chi connectivity index (χ2n) is 7.37. The Morgan fingerprint density at radius 1 is 1.19 bits per heavy atom. The van der Waals surface area contributed by atoms with Crippen LogP contribution in [-0.4, -0.2) is 51.6 Å². The largest absolute Gasteiger partial charge is 0.360 e. The molecule has 1 amide bonds. The molecule has 4 rings (SSSR count). The molecule has 6 heteroatoms. The van der Waals surface area contributed by atoms with Crippen molar-refractivity contribution in [2.24, 2.45) is 7.05 Å². The second-order valence-corrected chi connectivity index (χ2v) is 7.37. The molecule has 0 atom stereocenters. The van der Waals surface area contributed by atoms with E-state index in [0.29, 0.717) is 6.42 Å². The Labute approximate surface area is 159 Å². The average Bonchev–Trinajstić information content (AvgIpc) is 3.23. The third-order valence-electron chi connectivity index (χ3n) is 5.37. The van der Waals surface area contributed by atoms with E-state index in [9.17, 15) is 4.79 Å². The first kappa shape index (κ1) is 17.8. The van der Waals surface area contributed by atoms with E-state index in [1.807, 2.05) is 17.9 Å². The average molecular weight is 366 g/mol. The van der Waals surface area contributed by atoms with Crippen LogP contribution in [-0.2, 0) is 24.8 Å². The van der Waals surface area contributed by atoms with Gasteiger partial charge in [-0.25, -0.2) is 0 Å². The number of piperazine rings is 1. The molecule has 1 fully saturated rings. The van der Waals surface area contributed by atoms with Crippen molar-refractivity contribution < 1.29 is 9.32 Å². The Balaban J connectivity index is 1.29. The zero-order chi connectivity index (χ0) is 18.8. The van der Waals surface area contributed by atoms with Crippen LogP contribution in [0.2, 0.25) is 0 Å². The molecule has 142 valence electrons. The number of hydrogen-bond acceptors (Lipinski definition) is 4. The molecule has 1 saturated heterocycles. The molecule has 0 saturated carbocycles. The van der Waals surface area contributed by atoms with Crippen LogP contribution in [0, 0.1) is 6.92 Å². The maximum atomic E-state index is 12.7. The van der Waals surface area contributed by atoms with Crippen LogP contribution in [0.15, 0.2) is 41.1 Å². The van der Waals surface area contributed by atoms with Gasteiger partial charge in [-0.1, -0.05) is 23.4 Å². The molecule has 27 heavy (non-hydrogen) atoms. The van der Waals surface area contributed by atoms with E-state index in [2.05, 4.69) is 52.1 Å². The summed E-state index contributed by atoms with van der Waals surface area (Å²) in [7, 11) is 2.06. The minimum absolute atomic E-state index is 0.248. The lowest BCUT2D eigenvalue weighted by Gasteiger charge is -2.34. The second kappa shape index (κ2) is 7.56. The highest BCUT2D eigenvalue weighted by molar-refractivity contribution is 5.85. The van der Waals surface area contributed by atoms with E-state index < -0.39 is 0 Å². The Hall–Kier alpha value is -2.60. The van der Waals surface area contributed by atoms with Crippen LogP contribution in [0.5, 0.6) is 0 Å². The van der Waals surface area contributed by atoms with E-state index in [0.717, 1.165) is 50.6 Å². The lowest BCUT2D eigenvalue weighted by Crippen LogP contribution is -2.48. The fourth-order valence-corrected chi connectivity index (χ4v) is 3.89. The molecule has 2 aromatic heterocycles. The van der Waals surface area contributed by atoms with Gasteiger partial charge in [-0.2, -0.15) is 0 Å². The zero-order valence-corrected chi connectivity index (χ0v) is 16.0. The van der Waals surface area contributed by atoms with E-state index in [1.54, 1.807) is 0 Å². The number of nitrogens with zero attached hydrogens (tertiary/aromatic N) is 4. The SMILES string of the molecule is Cc1cc(CN2CCN(C(=O)CCc3cn(C)c4ccccc34)CC2)on1. The van der Waals surface area contributed by atoms with E-state index in [-0.39, 0.29) is 5.91 Å². The molecule has 0 bridgehead atoms. The molecular formula is C21H26N4O2. The highest BCUT2D eigenvalue weighted by Gasteiger charge is 2.22. The minimum Gasteiger partial charge on any atom is -0.360 e. The van der Waals surface area contributed by atoms with Crippen molar-refractivity contribution >= 4 is 16.8 Å². The van der Waals surface area contributed by atoms with Gasteiger partial charge in [0.15, 0.2) is 5.76 Å². The molecule has 1 aliphatic rings. The van der Waals surface area contributed by atoms with Crippen LogP contribution in [0.25, 0.3) is 10.9 Å². The predicted molar refractivity (Wildman–Crippen MR) is 104 cm³/mol. The first-order valence-corrected chi connectivity index (χ1v) is 9.55. The van der Waals surface area contributed by atoms with Crippen LogP contribution in [0.1, 0.15) is 23.4 Å². The van der Waals surface area contributed by atoms with Crippen LogP contribution in [0.4, 0.5) is 0 Å². The predicted octanol–water partition coefficient (Wildman–Crippen LogP) is 2.75. The number of fused-ring (bicyclic) bond motifs is 1. The van der Waals surface area contributed by atoms with Gasteiger partial charge in [0.25, 0.3) is 0 Å². The maximum absolute atomic E-state index is 12.7. The number of carbonyl (C=O) groups excluding carboxylic acids is 1. The summed E-state index contributed by atoms with van der Waals surface area (Å²) in [6.07, 6.45) is 3.50. The van der Waals surface area contributed by atoms with Gasteiger partial charge >= 0.3 is 0 Å². The number of aryl methyl sites for hydroxylation is 3. The van der Waals surface area contributed by atoms with Gasteiger partial charge in [0, 0.05) is 62.8 Å². The van der Waals surface area contributed by atoms with Gasteiger partial charge in [-0.3, -0.25) is 9.69 Å². The van der Waals surface area contributed by atoms with Crippen molar-refractivity contribution in [2.45, 2.75) is 26.3 Å². The minimum atomic E-state index is 0.248. The number of amides is 1. The fourth-order valence-electron chi connectivity index (χ4n) is 3.89. The van der Waals surface area contributed by atoms with Crippen molar-refractivity contribution in [3.8, 4) is 0 Å². The highest BCUT2D eigenvalue weighted by Crippen LogP contribution is 2.22. The summed E-state index contributed by atoms with van der Waals surface area (Å²) in [6.45, 7) is 6.00. The van der Waals surface area contributed by atoms with Crippen LogP contribution >= 0.6 is 0 Å². The number of carbonyl (C=O) groups is 1. The van der Waals surface area contributed by atoms with Crippen molar-refractivity contribution in [3.63, 3.8) is 0 Å². The Morgan fingerprint density at radius 2 is 1.96 bits per heavy atom. The smallest absolute Gasteiger partial charge is 0.222 e. The van der Waals surface area contributed by atoms with Crippen molar-refractivity contribution in [3.05, 3.63) is 53.5 Å². The molecular weight excluding hydrogens is 340 g/mol. The molecule has 0 spiro atoms. The highest BCUT2D eigenvalue weighted by atomic mass is 16.5. The third-order valence-corrected chi connectivity index (χ3v) is 5.37. The van der Waals surface area contributed by atoms with Gasteiger partial charge < -0.3 is 14.0 Å². The Bertz CT molecular complexity index is 935. The Morgan fingerprint density at radius 3 is 2.70 bits per heavy atom. The number of rotatable bonds is 5. The zero-order valence-electron chi connectivity index (χ0n) is 16.0. The van der Waals surface area contributed by atoms with Gasteiger partial charge in [0.1, 0.15) is 0 Å².